The number of Topliss-reactive ketones (excluding diaryl/α,β-unsaturated/α-hetero) is 1. The number of esters is 1. The number of rotatable bonds is 6. The molecule has 0 bridgehead atoms. The van der Waals surface area contributed by atoms with Crippen molar-refractivity contribution in [3.63, 3.8) is 0 Å². The molecule has 0 radical (unpaired) electrons. The molecule has 2 aromatic rings. The zero-order valence-corrected chi connectivity index (χ0v) is 15.4. The summed E-state index contributed by atoms with van der Waals surface area (Å²) in [6, 6.07) is 12.1. The van der Waals surface area contributed by atoms with Gasteiger partial charge < -0.3 is 18.9 Å². The van der Waals surface area contributed by atoms with E-state index in [0.717, 1.165) is 11.3 Å². The van der Waals surface area contributed by atoms with Crippen LogP contribution in [-0.2, 0) is 9.53 Å². The van der Waals surface area contributed by atoms with E-state index < -0.39 is 12.1 Å². The summed E-state index contributed by atoms with van der Waals surface area (Å²) in [7, 11) is 1.59. The van der Waals surface area contributed by atoms with E-state index in [4.69, 9.17) is 18.9 Å². The van der Waals surface area contributed by atoms with Gasteiger partial charge in [0.1, 0.15) is 17.2 Å². The molecule has 3 rings (SSSR count). The Balaban J connectivity index is 1.76. The van der Waals surface area contributed by atoms with Crippen LogP contribution < -0.4 is 14.2 Å². The predicted octanol–water partition coefficient (Wildman–Crippen LogP) is 3.64. The van der Waals surface area contributed by atoms with Crippen LogP contribution in [0.5, 0.6) is 17.2 Å². The number of ketones is 1. The molecule has 140 valence electrons. The van der Waals surface area contributed by atoms with E-state index in [9.17, 15) is 9.59 Å². The Morgan fingerprint density at radius 3 is 2.52 bits per heavy atom. The Morgan fingerprint density at radius 1 is 1.15 bits per heavy atom. The number of ether oxygens (including phenoxy) is 4. The zero-order valence-electron chi connectivity index (χ0n) is 15.4. The lowest BCUT2D eigenvalue weighted by Crippen LogP contribution is -2.26. The summed E-state index contributed by atoms with van der Waals surface area (Å²) in [5.41, 5.74) is 1.27. The largest absolute Gasteiger partial charge is 0.497 e. The van der Waals surface area contributed by atoms with Crippen molar-refractivity contribution >= 4 is 17.8 Å². The molecule has 27 heavy (non-hydrogen) atoms. The zero-order chi connectivity index (χ0) is 19.4. The molecule has 1 aliphatic rings. The summed E-state index contributed by atoms with van der Waals surface area (Å²) in [5, 5.41) is 0. The van der Waals surface area contributed by atoms with Gasteiger partial charge in [0.25, 0.3) is 0 Å². The Hall–Kier alpha value is -3.28. The molecule has 1 atom stereocenters. The third-order valence-corrected chi connectivity index (χ3v) is 3.99. The van der Waals surface area contributed by atoms with Gasteiger partial charge in [-0.05, 0) is 49.8 Å². The molecule has 6 nitrogen and oxygen atoms in total. The minimum Gasteiger partial charge on any atom is -0.497 e. The molecule has 1 unspecified atom stereocenters. The first-order valence-electron chi connectivity index (χ1n) is 8.57. The van der Waals surface area contributed by atoms with Gasteiger partial charge in [-0.25, -0.2) is 4.79 Å². The molecule has 0 amide bonds. The standard InChI is InChI=1S/C21H20O6/c1-4-25-21(23)13(2)26-16-9-10-17-18(12-16)27-19(20(17)22)11-14-5-7-15(24-3)8-6-14/h5-13H,4H2,1-3H3/b19-11-. The molecule has 0 aliphatic carbocycles. The van der Waals surface area contributed by atoms with Crippen molar-refractivity contribution in [1.82, 2.24) is 0 Å². The Morgan fingerprint density at radius 2 is 1.85 bits per heavy atom. The summed E-state index contributed by atoms with van der Waals surface area (Å²) in [6.07, 6.45) is 0.915. The number of benzene rings is 2. The van der Waals surface area contributed by atoms with Crippen molar-refractivity contribution in [2.24, 2.45) is 0 Å². The van der Waals surface area contributed by atoms with Crippen LogP contribution in [0, 0.1) is 0 Å². The van der Waals surface area contributed by atoms with Crippen LogP contribution in [0.4, 0.5) is 0 Å². The second-order valence-electron chi connectivity index (χ2n) is 5.88. The molecule has 6 heteroatoms. The molecule has 0 spiro atoms. The van der Waals surface area contributed by atoms with E-state index >= 15 is 0 Å². The molecule has 1 aliphatic heterocycles. The smallest absolute Gasteiger partial charge is 0.347 e. The van der Waals surface area contributed by atoms with Gasteiger partial charge in [0, 0.05) is 6.07 Å². The van der Waals surface area contributed by atoms with E-state index in [1.807, 2.05) is 24.3 Å². The van der Waals surface area contributed by atoms with Gasteiger partial charge in [0.05, 0.1) is 19.3 Å². The molecule has 2 aromatic carbocycles. The van der Waals surface area contributed by atoms with E-state index in [1.165, 1.54) is 0 Å². The quantitative estimate of drug-likeness (QED) is 0.573. The fourth-order valence-corrected chi connectivity index (χ4v) is 2.60. The van der Waals surface area contributed by atoms with Gasteiger partial charge >= 0.3 is 5.97 Å². The summed E-state index contributed by atoms with van der Waals surface area (Å²) in [5.74, 6) is 1.13. The van der Waals surface area contributed by atoms with Crippen molar-refractivity contribution in [3.8, 4) is 17.2 Å². The fraction of sp³-hybridized carbons (Fsp3) is 0.238. The Labute approximate surface area is 157 Å². The van der Waals surface area contributed by atoms with Crippen LogP contribution in [0.1, 0.15) is 29.8 Å². The highest BCUT2D eigenvalue weighted by atomic mass is 16.6. The Kier molecular flexibility index (Phi) is 5.45. The normalized spacial score (nSPS) is 15.1. The molecule has 1 heterocycles. The minimum atomic E-state index is -0.755. The van der Waals surface area contributed by atoms with Gasteiger partial charge in [0.15, 0.2) is 11.9 Å². The van der Waals surface area contributed by atoms with E-state index in [-0.39, 0.29) is 18.1 Å². The molecule has 0 saturated heterocycles. The maximum Gasteiger partial charge on any atom is 0.347 e. The van der Waals surface area contributed by atoms with Crippen LogP contribution >= 0.6 is 0 Å². The molecule has 0 N–H and O–H groups in total. The van der Waals surface area contributed by atoms with Crippen LogP contribution in [0.2, 0.25) is 0 Å². The number of carbonyl (C=O) groups excluding carboxylic acids is 2. The van der Waals surface area contributed by atoms with Crippen LogP contribution in [-0.4, -0.2) is 31.6 Å². The molecule has 0 fully saturated rings. The van der Waals surface area contributed by atoms with Crippen molar-refractivity contribution in [2.45, 2.75) is 20.0 Å². The first-order chi connectivity index (χ1) is 13.0. The monoisotopic (exact) mass is 368 g/mol. The van der Waals surface area contributed by atoms with Crippen LogP contribution in [0.25, 0.3) is 6.08 Å². The highest BCUT2D eigenvalue weighted by Gasteiger charge is 2.28. The second kappa shape index (κ2) is 7.95. The number of allylic oxidation sites excluding steroid dienone is 1. The first kappa shape index (κ1) is 18.5. The van der Waals surface area contributed by atoms with Gasteiger partial charge in [0.2, 0.25) is 5.78 Å². The van der Waals surface area contributed by atoms with Gasteiger partial charge in [-0.15, -0.1) is 0 Å². The molecule has 0 saturated carbocycles. The highest BCUT2D eigenvalue weighted by molar-refractivity contribution is 6.14. The number of hydrogen-bond donors (Lipinski definition) is 0. The number of hydrogen-bond acceptors (Lipinski definition) is 6. The number of methoxy groups -OCH3 is 1. The van der Waals surface area contributed by atoms with E-state index in [1.54, 1.807) is 45.2 Å². The number of fused-ring (bicyclic) bond motifs is 1. The maximum atomic E-state index is 12.5. The Bertz CT molecular complexity index is 882. The van der Waals surface area contributed by atoms with Crippen LogP contribution in [0.15, 0.2) is 48.2 Å². The first-order valence-corrected chi connectivity index (χ1v) is 8.57. The lowest BCUT2D eigenvalue weighted by molar-refractivity contribution is -0.150. The molecular formula is C21H20O6. The fourth-order valence-electron chi connectivity index (χ4n) is 2.60. The second-order valence-corrected chi connectivity index (χ2v) is 5.88. The average molecular weight is 368 g/mol. The number of carbonyl (C=O) groups is 2. The summed E-state index contributed by atoms with van der Waals surface area (Å²) >= 11 is 0. The lowest BCUT2D eigenvalue weighted by Gasteiger charge is -2.13. The lowest BCUT2D eigenvalue weighted by atomic mass is 10.1. The van der Waals surface area contributed by atoms with Crippen LogP contribution in [0.3, 0.4) is 0 Å². The van der Waals surface area contributed by atoms with Gasteiger partial charge in [-0.2, -0.15) is 0 Å². The van der Waals surface area contributed by atoms with Gasteiger partial charge in [-0.1, -0.05) is 12.1 Å². The minimum absolute atomic E-state index is 0.203. The molecular weight excluding hydrogens is 348 g/mol. The average Bonchev–Trinajstić information content (AvgIpc) is 2.97. The topological polar surface area (TPSA) is 71.1 Å². The summed E-state index contributed by atoms with van der Waals surface area (Å²) in [4.78, 5) is 24.2. The van der Waals surface area contributed by atoms with Crippen molar-refractivity contribution < 1.29 is 28.5 Å². The van der Waals surface area contributed by atoms with E-state index in [0.29, 0.717) is 17.1 Å². The van der Waals surface area contributed by atoms with Crippen molar-refractivity contribution in [3.05, 3.63) is 59.4 Å². The summed E-state index contributed by atoms with van der Waals surface area (Å²) < 4.78 is 21.3. The third kappa shape index (κ3) is 4.11. The SMILES string of the molecule is CCOC(=O)C(C)Oc1ccc2c(c1)O/C(=C\c1ccc(OC)cc1)C2=O. The third-order valence-electron chi connectivity index (χ3n) is 3.99. The van der Waals surface area contributed by atoms with Crippen molar-refractivity contribution in [2.75, 3.05) is 13.7 Å². The maximum absolute atomic E-state index is 12.5. The highest BCUT2D eigenvalue weighted by Crippen LogP contribution is 2.35. The van der Waals surface area contributed by atoms with Gasteiger partial charge in [-0.3, -0.25) is 4.79 Å². The molecule has 0 aromatic heterocycles. The predicted molar refractivity (Wildman–Crippen MR) is 99.1 cm³/mol. The van der Waals surface area contributed by atoms with Crippen molar-refractivity contribution in [1.29, 1.82) is 0 Å². The summed E-state index contributed by atoms with van der Waals surface area (Å²) in [6.45, 7) is 3.62. The van der Waals surface area contributed by atoms with E-state index in [2.05, 4.69) is 0 Å².